The van der Waals surface area contributed by atoms with Gasteiger partial charge in [-0.25, -0.2) is 0 Å². The van der Waals surface area contributed by atoms with Crippen molar-refractivity contribution in [2.75, 3.05) is 19.9 Å². The number of rotatable bonds is 21. The van der Waals surface area contributed by atoms with Crippen molar-refractivity contribution >= 4 is 19.4 Å². The summed E-state index contributed by atoms with van der Waals surface area (Å²) in [5, 5.41) is 6.06. The first-order chi connectivity index (χ1) is 30.1. The predicted molar refractivity (Wildman–Crippen MR) is 234 cm³/mol. The molecular formula is C48H61N2O11P. The summed E-state index contributed by atoms with van der Waals surface area (Å²) < 4.78 is 66.7. The minimum atomic E-state index is -4.00. The van der Waals surface area contributed by atoms with E-state index in [9.17, 15) is 14.2 Å². The molecule has 334 valence electrons. The smallest absolute Gasteiger partial charge is 0.333 e. The Morgan fingerprint density at radius 3 is 1.35 bits per heavy atom. The topological polar surface area (TPSA) is 149 Å². The summed E-state index contributed by atoms with van der Waals surface area (Å²) in [6.45, 7) is 7.48. The van der Waals surface area contributed by atoms with Crippen LogP contribution in [0.15, 0.2) is 121 Å². The Morgan fingerprint density at radius 2 is 0.952 bits per heavy atom. The number of amides is 2. The summed E-state index contributed by atoms with van der Waals surface area (Å²) in [5.74, 6) is -0.565. The Labute approximate surface area is 365 Å². The minimum Gasteiger partial charge on any atom is -0.369 e. The molecule has 0 aromatic heterocycles. The second kappa shape index (κ2) is 23.4. The van der Waals surface area contributed by atoms with E-state index < -0.39 is 68.5 Å². The number of hydrogen-bond acceptors (Lipinski definition) is 11. The van der Waals surface area contributed by atoms with E-state index in [0.717, 1.165) is 22.3 Å². The van der Waals surface area contributed by atoms with Crippen LogP contribution in [-0.2, 0) is 78.1 Å². The molecule has 14 heteroatoms. The SMILES string of the molecule is CCC1O[C@H](CP(=O)(OC)OCC2O[C@H](C)C(NC(C)=O)[C@H](OCc3ccccc3)[C@@H]2OCc2ccccc2)C(NC(C)=O)[C@H](OCc2ccccc2)[C@@H]1OCc1ccccc1. The van der Waals surface area contributed by atoms with Crippen LogP contribution in [-0.4, -0.2) is 92.6 Å². The van der Waals surface area contributed by atoms with Gasteiger partial charge >= 0.3 is 7.60 Å². The number of benzene rings is 4. The maximum absolute atomic E-state index is 14.9. The molecule has 0 spiro atoms. The fourth-order valence-corrected chi connectivity index (χ4v) is 9.54. The van der Waals surface area contributed by atoms with Gasteiger partial charge in [-0.15, -0.1) is 0 Å². The first-order valence-electron chi connectivity index (χ1n) is 21.3. The van der Waals surface area contributed by atoms with Crippen LogP contribution in [0, 0.1) is 0 Å². The lowest BCUT2D eigenvalue weighted by Crippen LogP contribution is -2.65. The summed E-state index contributed by atoms with van der Waals surface area (Å²) in [7, 11) is -2.67. The Hall–Kier alpha value is -4.27. The normalized spacial score (nSPS) is 27.2. The molecule has 2 aliphatic rings. The zero-order chi connectivity index (χ0) is 43.9. The zero-order valence-corrected chi connectivity index (χ0v) is 37.1. The summed E-state index contributed by atoms with van der Waals surface area (Å²) in [6.07, 6.45) is -5.15. The first-order valence-corrected chi connectivity index (χ1v) is 23.0. The van der Waals surface area contributed by atoms with Gasteiger partial charge in [-0.2, -0.15) is 0 Å². The van der Waals surface area contributed by atoms with Crippen LogP contribution in [0.3, 0.4) is 0 Å². The standard InChI is InChI=1S/C48H61N2O11P/c1-6-40-45(55-27-36-19-11-7-12-20-36)48(58-30-39-25-17-10-18-26-39)44(50-35(4)52)42(61-40)32-62(53,54-5)59-31-41-46(56-28-37-21-13-8-14-22-37)47(43(33(2)60-41)49-34(3)51)57-29-38-23-15-9-16-24-38/h7-26,33,40-48H,6,27-32H2,1-5H3,(H,49,51)(H,50,52)/t33-,40?,41?,42-,43?,44?,45-,46-,47+,48+,62?/m1/s1. The van der Waals surface area contributed by atoms with E-state index in [1.54, 1.807) is 0 Å². The van der Waals surface area contributed by atoms with E-state index in [4.69, 9.17) is 37.5 Å². The van der Waals surface area contributed by atoms with E-state index in [0.29, 0.717) is 13.0 Å². The molecule has 0 radical (unpaired) electrons. The molecule has 0 saturated carbocycles. The molecule has 13 nitrogen and oxygen atoms in total. The number of hydrogen-bond donors (Lipinski definition) is 2. The highest BCUT2D eigenvalue weighted by Crippen LogP contribution is 2.50. The molecule has 62 heavy (non-hydrogen) atoms. The van der Waals surface area contributed by atoms with Gasteiger partial charge in [0.2, 0.25) is 11.8 Å². The van der Waals surface area contributed by atoms with Crippen molar-refractivity contribution in [3.05, 3.63) is 144 Å². The maximum atomic E-state index is 14.9. The molecule has 2 heterocycles. The van der Waals surface area contributed by atoms with Crippen LogP contribution in [0.1, 0.15) is 56.4 Å². The summed E-state index contributed by atoms with van der Waals surface area (Å²) in [6, 6.07) is 37.6. The summed E-state index contributed by atoms with van der Waals surface area (Å²) >= 11 is 0. The molecule has 6 rings (SSSR count). The van der Waals surface area contributed by atoms with Gasteiger partial charge in [-0.3, -0.25) is 14.2 Å². The fourth-order valence-electron chi connectivity index (χ4n) is 8.05. The van der Waals surface area contributed by atoms with Crippen LogP contribution in [0.4, 0.5) is 0 Å². The van der Waals surface area contributed by atoms with E-state index in [1.807, 2.05) is 135 Å². The number of carbonyl (C=O) groups is 2. The average molecular weight is 873 g/mol. The molecule has 2 fully saturated rings. The molecule has 2 amide bonds. The summed E-state index contributed by atoms with van der Waals surface area (Å²) in [4.78, 5) is 25.4. The Balaban J connectivity index is 1.25. The van der Waals surface area contributed by atoms with Gasteiger partial charge in [0, 0.05) is 21.0 Å². The molecule has 0 aliphatic carbocycles. The highest BCUT2D eigenvalue weighted by atomic mass is 31.2. The lowest BCUT2D eigenvalue weighted by molar-refractivity contribution is -0.224. The van der Waals surface area contributed by atoms with Crippen LogP contribution >= 0.6 is 7.60 Å². The van der Waals surface area contributed by atoms with Crippen molar-refractivity contribution in [2.45, 2.75) is 121 Å². The molecule has 0 bridgehead atoms. The van der Waals surface area contributed by atoms with Gasteiger partial charge in [-0.05, 0) is 35.6 Å². The Kier molecular flexibility index (Phi) is 17.8. The molecule has 4 aromatic rings. The van der Waals surface area contributed by atoms with Crippen LogP contribution in [0.25, 0.3) is 0 Å². The Bertz CT molecular complexity index is 2000. The number of ether oxygens (including phenoxy) is 6. The molecular weight excluding hydrogens is 812 g/mol. The third-order valence-corrected chi connectivity index (χ3v) is 13.0. The fraction of sp³-hybridized carbons (Fsp3) is 0.458. The number of nitrogens with one attached hydrogen (secondary N) is 2. The molecule has 2 aliphatic heterocycles. The average Bonchev–Trinajstić information content (AvgIpc) is 3.28. The molecule has 5 unspecified atom stereocenters. The minimum absolute atomic E-state index is 0.210. The van der Waals surface area contributed by atoms with Gasteiger partial charge in [-0.1, -0.05) is 128 Å². The van der Waals surface area contributed by atoms with Gasteiger partial charge in [0.1, 0.15) is 30.5 Å². The quantitative estimate of drug-likeness (QED) is 0.0822. The van der Waals surface area contributed by atoms with Crippen molar-refractivity contribution in [3.8, 4) is 0 Å². The largest absolute Gasteiger partial charge is 0.369 e. The predicted octanol–water partition coefficient (Wildman–Crippen LogP) is 7.16. The van der Waals surface area contributed by atoms with Crippen LogP contribution in [0.5, 0.6) is 0 Å². The molecule has 2 saturated heterocycles. The number of carbonyl (C=O) groups excluding carboxylic acids is 2. The van der Waals surface area contributed by atoms with Crippen molar-refractivity contribution < 1.29 is 51.6 Å². The third-order valence-electron chi connectivity index (χ3n) is 11.1. The van der Waals surface area contributed by atoms with Gasteiger partial charge in [0.15, 0.2) is 0 Å². The first kappa shape index (κ1) is 47.2. The van der Waals surface area contributed by atoms with Crippen LogP contribution in [0.2, 0.25) is 0 Å². The van der Waals surface area contributed by atoms with Crippen molar-refractivity contribution in [2.24, 2.45) is 0 Å². The van der Waals surface area contributed by atoms with Gasteiger partial charge < -0.3 is 48.1 Å². The van der Waals surface area contributed by atoms with Crippen molar-refractivity contribution in [3.63, 3.8) is 0 Å². The van der Waals surface area contributed by atoms with E-state index in [-0.39, 0.29) is 44.4 Å². The Morgan fingerprint density at radius 1 is 0.565 bits per heavy atom. The zero-order valence-electron chi connectivity index (χ0n) is 36.2. The van der Waals surface area contributed by atoms with E-state index >= 15 is 0 Å². The lowest BCUT2D eigenvalue weighted by Gasteiger charge is -2.47. The molecule has 4 aromatic carbocycles. The van der Waals surface area contributed by atoms with Gasteiger partial charge in [0.05, 0.1) is 69.6 Å². The monoisotopic (exact) mass is 872 g/mol. The van der Waals surface area contributed by atoms with Crippen molar-refractivity contribution in [1.82, 2.24) is 10.6 Å². The second-order valence-corrected chi connectivity index (χ2v) is 18.0. The molecule has 2 N–H and O–H groups in total. The van der Waals surface area contributed by atoms with Crippen LogP contribution < -0.4 is 10.6 Å². The summed E-state index contributed by atoms with van der Waals surface area (Å²) in [5.41, 5.74) is 3.78. The second-order valence-electron chi connectivity index (χ2n) is 15.8. The third kappa shape index (κ3) is 13.4. The lowest BCUT2D eigenvalue weighted by atomic mass is 9.91. The molecule has 11 atom stereocenters. The maximum Gasteiger partial charge on any atom is 0.333 e. The highest BCUT2D eigenvalue weighted by Gasteiger charge is 2.51. The van der Waals surface area contributed by atoms with E-state index in [2.05, 4.69) is 10.6 Å². The highest BCUT2D eigenvalue weighted by molar-refractivity contribution is 7.53. The van der Waals surface area contributed by atoms with Gasteiger partial charge in [0.25, 0.3) is 0 Å². The van der Waals surface area contributed by atoms with Crippen molar-refractivity contribution in [1.29, 1.82) is 0 Å². The van der Waals surface area contributed by atoms with E-state index in [1.165, 1.54) is 21.0 Å².